The molecule has 88 valence electrons. The van der Waals surface area contributed by atoms with Gasteiger partial charge in [-0.05, 0) is 46.6 Å². The van der Waals surface area contributed by atoms with Crippen molar-refractivity contribution >= 4 is 5.91 Å². The van der Waals surface area contributed by atoms with E-state index in [4.69, 9.17) is 0 Å². The van der Waals surface area contributed by atoms with E-state index in [-0.39, 0.29) is 17.5 Å². The Kier molecular flexibility index (Phi) is 4.14. The molecule has 0 aromatic carbocycles. The molecule has 15 heavy (non-hydrogen) atoms. The Morgan fingerprint density at radius 3 is 2.67 bits per heavy atom. The predicted octanol–water partition coefficient (Wildman–Crippen LogP) is 1.78. The molecular weight excluding hydrogens is 188 g/mol. The van der Waals surface area contributed by atoms with Gasteiger partial charge in [0.15, 0.2) is 0 Å². The van der Waals surface area contributed by atoms with Crippen molar-refractivity contribution < 1.29 is 4.79 Å². The van der Waals surface area contributed by atoms with Crippen molar-refractivity contribution in [3.63, 3.8) is 0 Å². The smallest absolute Gasteiger partial charge is 0.240 e. The highest BCUT2D eigenvalue weighted by Crippen LogP contribution is 2.23. The van der Waals surface area contributed by atoms with Crippen LogP contribution in [-0.2, 0) is 4.79 Å². The Balaban J connectivity index is 2.82. The molecular formula is C12H24N2O. The number of likely N-dealkylation sites (N-methyl/N-ethyl adjacent to an activating group) is 1. The van der Waals surface area contributed by atoms with Crippen molar-refractivity contribution in [3.05, 3.63) is 0 Å². The lowest BCUT2D eigenvalue weighted by atomic mass is 9.98. The van der Waals surface area contributed by atoms with Crippen molar-refractivity contribution in [2.45, 2.75) is 58.0 Å². The number of carbonyl (C=O) groups excluding carboxylic acids is 1. The largest absolute Gasteiger partial charge is 0.336 e. The maximum atomic E-state index is 12.2. The lowest BCUT2D eigenvalue weighted by Crippen LogP contribution is -2.53. The van der Waals surface area contributed by atoms with Gasteiger partial charge in [-0.2, -0.15) is 0 Å². The number of nitrogens with one attached hydrogen (secondary N) is 1. The summed E-state index contributed by atoms with van der Waals surface area (Å²) in [5, 5.41) is 3.13. The van der Waals surface area contributed by atoms with Gasteiger partial charge in [-0.25, -0.2) is 0 Å². The third kappa shape index (κ3) is 2.71. The predicted molar refractivity (Wildman–Crippen MR) is 62.8 cm³/mol. The third-order valence-electron chi connectivity index (χ3n) is 3.63. The van der Waals surface area contributed by atoms with E-state index in [1.54, 1.807) is 0 Å². The maximum Gasteiger partial charge on any atom is 0.240 e. The highest BCUT2D eigenvalue weighted by Gasteiger charge is 2.34. The molecule has 1 unspecified atom stereocenters. The van der Waals surface area contributed by atoms with Crippen molar-refractivity contribution in [3.8, 4) is 0 Å². The molecule has 1 aliphatic rings. The highest BCUT2D eigenvalue weighted by molar-refractivity contribution is 5.82. The number of amides is 1. The molecule has 0 aromatic heterocycles. The highest BCUT2D eigenvalue weighted by atomic mass is 16.2. The van der Waals surface area contributed by atoms with Gasteiger partial charge in [-0.15, -0.1) is 0 Å². The quantitative estimate of drug-likeness (QED) is 0.773. The molecule has 1 N–H and O–H groups in total. The van der Waals surface area contributed by atoms with Crippen LogP contribution in [0.5, 0.6) is 0 Å². The molecule has 1 amide bonds. The topological polar surface area (TPSA) is 32.3 Å². The van der Waals surface area contributed by atoms with Crippen molar-refractivity contribution in [2.75, 3.05) is 13.6 Å². The summed E-state index contributed by atoms with van der Waals surface area (Å²) in [6, 6.07) is 0.0262. The van der Waals surface area contributed by atoms with Crippen LogP contribution in [0.15, 0.2) is 0 Å². The van der Waals surface area contributed by atoms with Crippen molar-refractivity contribution in [1.29, 1.82) is 0 Å². The van der Waals surface area contributed by atoms with Crippen molar-refractivity contribution in [2.24, 2.45) is 0 Å². The van der Waals surface area contributed by atoms with E-state index >= 15 is 0 Å². The van der Waals surface area contributed by atoms with Crippen LogP contribution in [0.25, 0.3) is 0 Å². The van der Waals surface area contributed by atoms with Gasteiger partial charge in [0.2, 0.25) is 5.91 Å². The zero-order valence-corrected chi connectivity index (χ0v) is 10.5. The van der Waals surface area contributed by atoms with Gasteiger partial charge >= 0.3 is 0 Å². The summed E-state index contributed by atoms with van der Waals surface area (Å²) < 4.78 is 0. The molecule has 3 nitrogen and oxygen atoms in total. The molecule has 0 radical (unpaired) electrons. The first-order chi connectivity index (χ1) is 7.03. The fourth-order valence-electron chi connectivity index (χ4n) is 2.10. The van der Waals surface area contributed by atoms with E-state index in [0.29, 0.717) is 0 Å². The number of hydrogen-bond donors (Lipinski definition) is 1. The van der Waals surface area contributed by atoms with Crippen molar-refractivity contribution in [1.82, 2.24) is 10.2 Å². The molecule has 0 bridgehead atoms. The molecule has 0 spiro atoms. The lowest BCUT2D eigenvalue weighted by molar-refractivity contribution is -0.138. The molecule has 1 fully saturated rings. The molecule has 1 atom stereocenters. The van der Waals surface area contributed by atoms with Crippen LogP contribution in [0.1, 0.15) is 46.5 Å². The second-order valence-corrected chi connectivity index (χ2v) is 4.99. The molecule has 1 heterocycles. The summed E-state index contributed by atoms with van der Waals surface area (Å²) in [6.07, 6.45) is 4.27. The first kappa shape index (κ1) is 12.5. The Morgan fingerprint density at radius 2 is 2.13 bits per heavy atom. The number of rotatable bonds is 3. The first-order valence-electron chi connectivity index (χ1n) is 6.01. The fraction of sp³-hybridized carbons (Fsp3) is 0.917. The summed E-state index contributed by atoms with van der Waals surface area (Å²) in [6.45, 7) is 7.37. The Bertz CT molecular complexity index is 226. The molecule has 1 aliphatic heterocycles. The van der Waals surface area contributed by atoms with Crippen LogP contribution in [0, 0.1) is 0 Å². The average Bonchev–Trinajstić information content (AvgIpc) is 2.40. The zero-order valence-electron chi connectivity index (χ0n) is 10.5. The first-order valence-corrected chi connectivity index (χ1v) is 6.01. The minimum absolute atomic E-state index is 0.00345. The van der Waals surface area contributed by atoms with Crippen LogP contribution >= 0.6 is 0 Å². The SMILES string of the molecule is CCC(C)(C)N1CCCCC(NC)C1=O. The van der Waals surface area contributed by atoms with Gasteiger partial charge in [0.25, 0.3) is 0 Å². The maximum absolute atomic E-state index is 12.2. The summed E-state index contributed by atoms with van der Waals surface area (Å²) in [7, 11) is 1.88. The Hall–Kier alpha value is -0.570. The molecule has 1 rings (SSSR count). The Labute approximate surface area is 93.2 Å². The van der Waals surface area contributed by atoms with Gasteiger partial charge in [0.05, 0.1) is 6.04 Å². The van der Waals surface area contributed by atoms with E-state index in [1.165, 1.54) is 0 Å². The van der Waals surface area contributed by atoms with E-state index in [1.807, 2.05) is 7.05 Å². The third-order valence-corrected chi connectivity index (χ3v) is 3.63. The van der Waals surface area contributed by atoms with Crippen LogP contribution in [0.4, 0.5) is 0 Å². The number of hydrogen-bond acceptors (Lipinski definition) is 2. The summed E-state index contributed by atoms with van der Waals surface area (Å²) in [5.41, 5.74) is -0.00345. The minimum Gasteiger partial charge on any atom is -0.336 e. The minimum atomic E-state index is -0.00345. The number of nitrogens with zero attached hydrogens (tertiary/aromatic N) is 1. The van der Waals surface area contributed by atoms with Crippen LogP contribution < -0.4 is 5.32 Å². The normalized spacial score (nSPS) is 24.1. The Morgan fingerprint density at radius 1 is 1.47 bits per heavy atom. The van der Waals surface area contributed by atoms with E-state index in [0.717, 1.165) is 32.2 Å². The molecule has 0 aliphatic carbocycles. The van der Waals surface area contributed by atoms with Gasteiger partial charge < -0.3 is 10.2 Å². The molecule has 3 heteroatoms. The van der Waals surface area contributed by atoms with E-state index < -0.39 is 0 Å². The summed E-state index contributed by atoms with van der Waals surface area (Å²) in [4.78, 5) is 14.3. The monoisotopic (exact) mass is 212 g/mol. The summed E-state index contributed by atoms with van der Waals surface area (Å²) in [5.74, 6) is 0.279. The molecule has 1 saturated heterocycles. The standard InChI is InChI=1S/C12H24N2O/c1-5-12(2,3)14-9-7-6-8-10(13-4)11(14)15/h10,13H,5-9H2,1-4H3. The van der Waals surface area contributed by atoms with E-state index in [2.05, 4.69) is 31.0 Å². The fourth-order valence-corrected chi connectivity index (χ4v) is 2.10. The van der Waals surface area contributed by atoms with Gasteiger partial charge in [-0.1, -0.05) is 6.92 Å². The average molecular weight is 212 g/mol. The van der Waals surface area contributed by atoms with Crippen LogP contribution in [0.3, 0.4) is 0 Å². The summed E-state index contributed by atoms with van der Waals surface area (Å²) >= 11 is 0. The van der Waals surface area contributed by atoms with Crippen LogP contribution in [-0.4, -0.2) is 36.0 Å². The van der Waals surface area contributed by atoms with Gasteiger partial charge in [-0.3, -0.25) is 4.79 Å². The molecule has 0 saturated carbocycles. The number of likely N-dealkylation sites (tertiary alicyclic amines) is 1. The number of carbonyl (C=O) groups is 1. The van der Waals surface area contributed by atoms with Gasteiger partial charge in [0, 0.05) is 12.1 Å². The lowest BCUT2D eigenvalue weighted by Gasteiger charge is -2.38. The second kappa shape index (κ2) is 4.97. The zero-order chi connectivity index (χ0) is 11.5. The second-order valence-electron chi connectivity index (χ2n) is 4.99. The van der Waals surface area contributed by atoms with Gasteiger partial charge in [0.1, 0.15) is 0 Å². The molecule has 0 aromatic rings. The van der Waals surface area contributed by atoms with Crippen LogP contribution in [0.2, 0.25) is 0 Å². The van der Waals surface area contributed by atoms with E-state index in [9.17, 15) is 4.79 Å².